The normalized spacial score (nSPS) is 12.1. The maximum atomic E-state index is 3.59. The molecule has 0 saturated heterocycles. The van der Waals surface area contributed by atoms with E-state index in [9.17, 15) is 0 Å². The van der Waals surface area contributed by atoms with Crippen LogP contribution in [0.2, 0.25) is 58.9 Å². The summed E-state index contributed by atoms with van der Waals surface area (Å²) in [6.07, 6.45) is 0. The highest BCUT2D eigenvalue weighted by atomic mass is 28.3. The van der Waals surface area contributed by atoms with Crippen LogP contribution in [-0.2, 0) is 0 Å². The summed E-state index contributed by atoms with van der Waals surface area (Å²) in [5.74, 6) is 10.7. The molecule has 4 rings (SSSR count). The highest BCUT2D eigenvalue weighted by molar-refractivity contribution is 6.84. The summed E-state index contributed by atoms with van der Waals surface area (Å²) < 4.78 is 0. The average molecular weight is 491 g/mol. The summed E-state index contributed by atoms with van der Waals surface area (Å²) in [6.45, 7) is 20.7. The molecule has 0 bridgehead atoms. The fourth-order valence-corrected chi connectivity index (χ4v) is 5.51. The largest absolute Gasteiger partial charge is 0.129 e. The van der Waals surface area contributed by atoms with Gasteiger partial charge in [0.25, 0.3) is 0 Å². The molecule has 3 heteroatoms. The van der Waals surface area contributed by atoms with Gasteiger partial charge >= 0.3 is 0 Å². The number of hydrogen-bond acceptors (Lipinski definition) is 0. The second kappa shape index (κ2) is 8.48. The standard InChI is InChI=1S/C31H34Si3/c1-32(2,3)19-16-23-10-11-24-12-13-28-25(17-20-33(4,5)6)22-26(18-21-34(7,8)9)29-15-14-27(23)30(24)31(28)29/h10-15,22H,1-9H3. The minimum absolute atomic E-state index is 1.10. The van der Waals surface area contributed by atoms with Crippen LogP contribution in [0.5, 0.6) is 0 Å². The fourth-order valence-electron chi connectivity index (χ4n) is 3.98. The predicted molar refractivity (Wildman–Crippen MR) is 161 cm³/mol. The van der Waals surface area contributed by atoms with Crippen LogP contribution in [-0.4, -0.2) is 24.2 Å². The maximum Gasteiger partial charge on any atom is 0.129 e. The molecule has 0 aromatic heterocycles. The zero-order valence-electron chi connectivity index (χ0n) is 22.0. The van der Waals surface area contributed by atoms with Crippen molar-refractivity contribution in [2.45, 2.75) is 58.9 Å². The van der Waals surface area contributed by atoms with Crippen LogP contribution in [0.3, 0.4) is 0 Å². The molecule has 0 amide bonds. The monoisotopic (exact) mass is 490 g/mol. The third-order valence-electron chi connectivity index (χ3n) is 5.50. The minimum atomic E-state index is -1.51. The first-order valence-electron chi connectivity index (χ1n) is 12.1. The lowest BCUT2D eigenvalue weighted by atomic mass is 9.88. The van der Waals surface area contributed by atoms with Crippen molar-refractivity contribution in [1.82, 2.24) is 0 Å². The van der Waals surface area contributed by atoms with Crippen molar-refractivity contribution in [3.05, 3.63) is 59.2 Å². The lowest BCUT2D eigenvalue weighted by molar-refractivity contribution is 1.68. The Morgan fingerprint density at radius 3 is 1.29 bits per heavy atom. The molecule has 0 radical (unpaired) electrons. The van der Waals surface area contributed by atoms with Gasteiger partial charge in [0.1, 0.15) is 24.2 Å². The number of benzene rings is 4. The van der Waals surface area contributed by atoms with Crippen LogP contribution >= 0.6 is 0 Å². The Hall–Kier alpha value is -2.75. The fraction of sp³-hybridized carbons (Fsp3) is 0.290. The molecule has 0 aliphatic carbocycles. The second-order valence-electron chi connectivity index (χ2n) is 12.3. The highest BCUT2D eigenvalue weighted by Gasteiger charge is 2.16. The quantitative estimate of drug-likeness (QED) is 0.132. The predicted octanol–water partition coefficient (Wildman–Crippen LogP) is 8.27. The molecular formula is C31H34Si3. The van der Waals surface area contributed by atoms with E-state index in [1.54, 1.807) is 0 Å². The first-order chi connectivity index (χ1) is 15.7. The van der Waals surface area contributed by atoms with E-state index in [-0.39, 0.29) is 0 Å². The van der Waals surface area contributed by atoms with Gasteiger partial charge in [-0.2, -0.15) is 0 Å². The molecule has 0 heterocycles. The van der Waals surface area contributed by atoms with Crippen molar-refractivity contribution < 1.29 is 0 Å². The van der Waals surface area contributed by atoms with Gasteiger partial charge in [0.15, 0.2) is 0 Å². The third-order valence-corrected chi connectivity index (χ3v) is 8.12. The van der Waals surface area contributed by atoms with E-state index in [1.165, 1.54) is 32.3 Å². The summed E-state index contributed by atoms with van der Waals surface area (Å²) in [4.78, 5) is 0. The zero-order valence-corrected chi connectivity index (χ0v) is 25.0. The van der Waals surface area contributed by atoms with E-state index in [0.29, 0.717) is 0 Å². The molecule has 0 aliphatic heterocycles. The average Bonchev–Trinajstić information content (AvgIpc) is 2.72. The Labute approximate surface area is 208 Å². The molecule has 34 heavy (non-hydrogen) atoms. The van der Waals surface area contributed by atoms with Crippen molar-refractivity contribution in [3.63, 3.8) is 0 Å². The highest BCUT2D eigenvalue weighted by Crippen LogP contribution is 2.38. The molecule has 0 aliphatic rings. The molecule has 0 nitrogen and oxygen atoms in total. The van der Waals surface area contributed by atoms with Gasteiger partial charge in [-0.1, -0.05) is 107 Å². The van der Waals surface area contributed by atoms with E-state index in [1.807, 2.05) is 0 Å². The Morgan fingerprint density at radius 1 is 0.441 bits per heavy atom. The van der Waals surface area contributed by atoms with Gasteiger partial charge in [-0.05, 0) is 44.5 Å². The molecule has 0 spiro atoms. The van der Waals surface area contributed by atoms with Gasteiger partial charge in [0, 0.05) is 16.7 Å². The first kappa shape index (κ1) is 24.4. The van der Waals surface area contributed by atoms with E-state index in [0.717, 1.165) is 16.7 Å². The van der Waals surface area contributed by atoms with Crippen LogP contribution in [0.25, 0.3) is 32.3 Å². The Balaban J connectivity index is 2.15. The van der Waals surface area contributed by atoms with Gasteiger partial charge in [0.2, 0.25) is 0 Å². The molecular weight excluding hydrogens is 457 g/mol. The van der Waals surface area contributed by atoms with Crippen LogP contribution in [0.4, 0.5) is 0 Å². The minimum Gasteiger partial charge on any atom is -0.127 e. The van der Waals surface area contributed by atoms with Gasteiger partial charge < -0.3 is 0 Å². The SMILES string of the molecule is C[Si](C)(C)C#Cc1ccc2ccc3c(C#C[Si](C)(C)C)cc(C#C[Si](C)(C)C)c4ccc1c2c34. The van der Waals surface area contributed by atoms with Crippen LogP contribution in [0, 0.1) is 34.4 Å². The van der Waals surface area contributed by atoms with Crippen molar-refractivity contribution in [1.29, 1.82) is 0 Å². The lowest BCUT2D eigenvalue weighted by Crippen LogP contribution is -2.16. The van der Waals surface area contributed by atoms with Gasteiger partial charge in [-0.25, -0.2) is 0 Å². The second-order valence-corrected chi connectivity index (χ2v) is 26.6. The van der Waals surface area contributed by atoms with Gasteiger partial charge in [0.05, 0.1) is 0 Å². The van der Waals surface area contributed by atoms with Crippen molar-refractivity contribution in [2.75, 3.05) is 0 Å². The smallest absolute Gasteiger partial charge is 0.127 e. The lowest BCUT2D eigenvalue weighted by Gasteiger charge is -2.15. The van der Waals surface area contributed by atoms with E-state index in [2.05, 4.69) is 136 Å². The van der Waals surface area contributed by atoms with Gasteiger partial charge in [-0.3, -0.25) is 0 Å². The first-order valence-corrected chi connectivity index (χ1v) is 22.6. The Kier molecular flexibility index (Phi) is 6.08. The molecule has 0 fully saturated rings. The Morgan fingerprint density at radius 2 is 0.824 bits per heavy atom. The van der Waals surface area contributed by atoms with Crippen LogP contribution < -0.4 is 0 Å². The van der Waals surface area contributed by atoms with Crippen molar-refractivity contribution >= 4 is 56.5 Å². The Bertz CT molecular complexity index is 1550. The molecule has 0 atom stereocenters. The van der Waals surface area contributed by atoms with Crippen molar-refractivity contribution in [3.8, 4) is 34.4 Å². The number of hydrogen-bond donors (Lipinski definition) is 0. The maximum absolute atomic E-state index is 3.59. The summed E-state index contributed by atoms with van der Waals surface area (Å²) in [5.41, 5.74) is 14.1. The topological polar surface area (TPSA) is 0 Å². The molecule has 0 N–H and O–H groups in total. The zero-order chi connectivity index (χ0) is 24.9. The van der Waals surface area contributed by atoms with E-state index < -0.39 is 24.2 Å². The van der Waals surface area contributed by atoms with Crippen LogP contribution in [0.1, 0.15) is 16.7 Å². The van der Waals surface area contributed by atoms with Gasteiger partial charge in [-0.15, -0.1) is 16.6 Å². The molecule has 0 unspecified atom stereocenters. The summed E-state index contributed by atoms with van der Waals surface area (Å²) >= 11 is 0. The molecule has 170 valence electrons. The summed E-state index contributed by atoms with van der Waals surface area (Å²) in [5, 5.41) is 7.53. The third kappa shape index (κ3) is 5.32. The van der Waals surface area contributed by atoms with Crippen LogP contribution in [0.15, 0.2) is 42.5 Å². The molecule has 0 saturated carbocycles. The van der Waals surface area contributed by atoms with Crippen molar-refractivity contribution in [2.24, 2.45) is 0 Å². The van der Waals surface area contributed by atoms with E-state index in [4.69, 9.17) is 0 Å². The number of rotatable bonds is 0. The molecule has 4 aromatic rings. The molecule has 4 aromatic carbocycles. The summed E-state index contributed by atoms with van der Waals surface area (Å²) in [7, 11) is -4.50. The summed E-state index contributed by atoms with van der Waals surface area (Å²) in [6, 6.07) is 15.7. The van der Waals surface area contributed by atoms with E-state index >= 15 is 0 Å².